The quantitative estimate of drug-likeness (QED) is 0.821. The maximum atomic E-state index is 13.0. The van der Waals surface area contributed by atoms with Crippen LogP contribution in [0.3, 0.4) is 0 Å². The lowest BCUT2D eigenvalue weighted by Crippen LogP contribution is -1.98. The van der Waals surface area contributed by atoms with Crippen molar-refractivity contribution < 1.29 is 9.13 Å². The molecule has 3 nitrogen and oxygen atoms in total. The summed E-state index contributed by atoms with van der Waals surface area (Å²) < 4.78 is 18.5. The van der Waals surface area contributed by atoms with Gasteiger partial charge in [0.2, 0.25) is 0 Å². The highest BCUT2D eigenvalue weighted by atomic mass is 19.1. The zero-order valence-corrected chi connectivity index (χ0v) is 11.0. The Morgan fingerprint density at radius 1 is 1.21 bits per heavy atom. The number of nitrogen functional groups attached to an aromatic ring is 1. The highest BCUT2D eigenvalue weighted by Crippen LogP contribution is 2.27. The second-order valence-corrected chi connectivity index (χ2v) is 4.31. The third-order valence-corrected chi connectivity index (χ3v) is 2.71. The molecule has 2 rings (SSSR count). The van der Waals surface area contributed by atoms with E-state index in [1.807, 2.05) is 26.0 Å². The summed E-state index contributed by atoms with van der Waals surface area (Å²) >= 11 is 0. The lowest BCUT2D eigenvalue weighted by Gasteiger charge is -2.12. The Kier molecular flexibility index (Phi) is 3.90. The van der Waals surface area contributed by atoms with Crippen molar-refractivity contribution in [2.24, 2.45) is 0 Å². The van der Waals surface area contributed by atoms with Gasteiger partial charge in [0.25, 0.3) is 0 Å². The Labute approximate surface area is 112 Å². The fourth-order valence-electron chi connectivity index (χ4n) is 1.87. The third kappa shape index (κ3) is 3.37. The monoisotopic (exact) mass is 260 g/mol. The predicted molar refractivity (Wildman–Crippen MR) is 76.4 cm³/mol. The first-order valence-electron chi connectivity index (χ1n) is 6.15. The summed E-state index contributed by atoms with van der Waals surface area (Å²) in [5, 5.41) is 3.21. The minimum absolute atomic E-state index is 0.245. The molecule has 100 valence electrons. The van der Waals surface area contributed by atoms with Crippen LogP contribution in [0, 0.1) is 12.7 Å². The van der Waals surface area contributed by atoms with E-state index in [1.165, 1.54) is 12.1 Å². The van der Waals surface area contributed by atoms with Crippen LogP contribution in [0.15, 0.2) is 36.4 Å². The summed E-state index contributed by atoms with van der Waals surface area (Å²) in [5.74, 6) is 0.468. The molecule has 0 saturated carbocycles. The second kappa shape index (κ2) is 5.61. The van der Waals surface area contributed by atoms with Crippen LogP contribution >= 0.6 is 0 Å². The van der Waals surface area contributed by atoms with E-state index in [2.05, 4.69) is 5.32 Å². The van der Waals surface area contributed by atoms with Crippen LogP contribution < -0.4 is 15.8 Å². The van der Waals surface area contributed by atoms with Gasteiger partial charge in [-0.15, -0.1) is 0 Å². The number of anilines is 3. The summed E-state index contributed by atoms with van der Waals surface area (Å²) in [6.45, 7) is 4.35. The SMILES string of the molecule is CCOc1cc(N)cc(Nc2ccc(F)cc2C)c1. The van der Waals surface area contributed by atoms with Crippen molar-refractivity contribution >= 4 is 17.1 Å². The van der Waals surface area contributed by atoms with E-state index >= 15 is 0 Å². The van der Waals surface area contributed by atoms with Crippen LogP contribution in [0.1, 0.15) is 12.5 Å². The lowest BCUT2D eigenvalue weighted by molar-refractivity contribution is 0.340. The van der Waals surface area contributed by atoms with Crippen LogP contribution in [-0.4, -0.2) is 6.61 Å². The molecule has 0 amide bonds. The minimum atomic E-state index is -0.245. The number of hydrogen-bond acceptors (Lipinski definition) is 3. The minimum Gasteiger partial charge on any atom is -0.494 e. The molecule has 0 heterocycles. The molecule has 3 N–H and O–H groups in total. The Morgan fingerprint density at radius 3 is 2.68 bits per heavy atom. The molecule has 2 aromatic carbocycles. The zero-order valence-electron chi connectivity index (χ0n) is 11.0. The largest absolute Gasteiger partial charge is 0.494 e. The van der Waals surface area contributed by atoms with Crippen molar-refractivity contribution in [1.82, 2.24) is 0 Å². The number of benzene rings is 2. The van der Waals surface area contributed by atoms with Crippen LogP contribution in [-0.2, 0) is 0 Å². The Bertz CT molecular complexity index is 584. The highest BCUT2D eigenvalue weighted by molar-refractivity contribution is 5.68. The van der Waals surface area contributed by atoms with Crippen molar-refractivity contribution in [3.05, 3.63) is 47.8 Å². The Hall–Kier alpha value is -2.23. The van der Waals surface area contributed by atoms with Crippen LogP contribution in [0.25, 0.3) is 0 Å². The fraction of sp³-hybridized carbons (Fsp3) is 0.200. The number of rotatable bonds is 4. The lowest BCUT2D eigenvalue weighted by atomic mass is 10.2. The van der Waals surface area contributed by atoms with E-state index in [0.717, 1.165) is 16.9 Å². The highest BCUT2D eigenvalue weighted by Gasteiger charge is 2.03. The molecule has 4 heteroatoms. The van der Waals surface area contributed by atoms with Gasteiger partial charge in [-0.2, -0.15) is 0 Å². The molecular formula is C15H17FN2O. The van der Waals surface area contributed by atoms with Crippen molar-refractivity contribution in [2.45, 2.75) is 13.8 Å². The number of hydrogen-bond donors (Lipinski definition) is 2. The van der Waals surface area contributed by atoms with Crippen molar-refractivity contribution in [1.29, 1.82) is 0 Å². The zero-order chi connectivity index (χ0) is 13.8. The van der Waals surface area contributed by atoms with Crippen LogP contribution in [0.4, 0.5) is 21.5 Å². The van der Waals surface area contributed by atoms with Gasteiger partial charge in [0.05, 0.1) is 6.61 Å². The Balaban J connectivity index is 2.27. The molecule has 0 fully saturated rings. The summed E-state index contributed by atoms with van der Waals surface area (Å²) in [4.78, 5) is 0. The molecule has 0 bridgehead atoms. The first-order valence-corrected chi connectivity index (χ1v) is 6.15. The molecule has 0 aliphatic carbocycles. The molecule has 0 aliphatic heterocycles. The van der Waals surface area contributed by atoms with Gasteiger partial charge in [-0.05, 0) is 43.7 Å². The van der Waals surface area contributed by atoms with E-state index < -0.39 is 0 Å². The molecule has 19 heavy (non-hydrogen) atoms. The smallest absolute Gasteiger partial charge is 0.123 e. The van der Waals surface area contributed by atoms with E-state index in [-0.39, 0.29) is 5.82 Å². The predicted octanol–water partition coefficient (Wildman–Crippen LogP) is 3.86. The number of nitrogens with two attached hydrogens (primary N) is 1. The summed E-state index contributed by atoms with van der Waals surface area (Å²) in [5.41, 5.74) is 8.94. The van der Waals surface area contributed by atoms with Crippen LogP contribution in [0.5, 0.6) is 5.75 Å². The summed E-state index contributed by atoms with van der Waals surface area (Å²) in [6, 6.07) is 10.1. The third-order valence-electron chi connectivity index (χ3n) is 2.71. The molecule has 0 unspecified atom stereocenters. The molecular weight excluding hydrogens is 243 g/mol. The number of halogens is 1. The topological polar surface area (TPSA) is 47.3 Å². The average molecular weight is 260 g/mol. The van der Waals surface area contributed by atoms with Gasteiger partial charge in [-0.25, -0.2) is 4.39 Å². The molecule has 0 aliphatic rings. The fourth-order valence-corrected chi connectivity index (χ4v) is 1.87. The second-order valence-electron chi connectivity index (χ2n) is 4.31. The number of nitrogens with one attached hydrogen (secondary N) is 1. The van der Waals surface area contributed by atoms with Crippen molar-refractivity contribution in [3.8, 4) is 5.75 Å². The van der Waals surface area contributed by atoms with Gasteiger partial charge in [-0.3, -0.25) is 0 Å². The standard InChI is InChI=1S/C15H17FN2O/c1-3-19-14-8-12(17)7-13(9-14)18-15-5-4-11(16)6-10(15)2/h4-9,18H,3,17H2,1-2H3. The van der Waals surface area contributed by atoms with Crippen molar-refractivity contribution in [3.63, 3.8) is 0 Å². The maximum absolute atomic E-state index is 13.0. The van der Waals surface area contributed by atoms with Gasteiger partial charge >= 0.3 is 0 Å². The van der Waals surface area contributed by atoms with E-state index in [0.29, 0.717) is 18.0 Å². The summed E-state index contributed by atoms with van der Waals surface area (Å²) in [6.07, 6.45) is 0. The van der Waals surface area contributed by atoms with E-state index in [9.17, 15) is 4.39 Å². The van der Waals surface area contributed by atoms with Crippen molar-refractivity contribution in [2.75, 3.05) is 17.7 Å². The first-order chi connectivity index (χ1) is 9.08. The number of aryl methyl sites for hydroxylation is 1. The summed E-state index contributed by atoms with van der Waals surface area (Å²) in [7, 11) is 0. The van der Waals surface area contributed by atoms with Gasteiger partial charge in [0, 0.05) is 29.2 Å². The first kappa shape index (κ1) is 13.2. The molecule has 0 radical (unpaired) electrons. The van der Waals surface area contributed by atoms with E-state index in [1.54, 1.807) is 12.1 Å². The molecule has 0 saturated heterocycles. The normalized spacial score (nSPS) is 10.3. The van der Waals surface area contributed by atoms with Gasteiger partial charge in [0.15, 0.2) is 0 Å². The molecule has 0 spiro atoms. The van der Waals surface area contributed by atoms with Gasteiger partial charge in [-0.1, -0.05) is 0 Å². The maximum Gasteiger partial charge on any atom is 0.123 e. The van der Waals surface area contributed by atoms with E-state index in [4.69, 9.17) is 10.5 Å². The van der Waals surface area contributed by atoms with Crippen LogP contribution in [0.2, 0.25) is 0 Å². The molecule has 0 atom stereocenters. The average Bonchev–Trinajstić information content (AvgIpc) is 2.32. The molecule has 0 aromatic heterocycles. The molecule has 2 aromatic rings. The Morgan fingerprint density at radius 2 is 2.00 bits per heavy atom. The van der Waals surface area contributed by atoms with Gasteiger partial charge in [0.1, 0.15) is 11.6 Å². The van der Waals surface area contributed by atoms with Gasteiger partial charge < -0.3 is 15.8 Å². The number of ether oxygens (including phenoxy) is 1.